The molecule has 0 radical (unpaired) electrons. The zero-order chi connectivity index (χ0) is 19.4. The number of piperazine rings is 1. The minimum atomic E-state index is -0.461. The summed E-state index contributed by atoms with van der Waals surface area (Å²) < 4.78 is 15.1. The molecule has 27 heavy (non-hydrogen) atoms. The van der Waals surface area contributed by atoms with E-state index in [0.717, 1.165) is 5.56 Å². The summed E-state index contributed by atoms with van der Waals surface area (Å²) in [7, 11) is 1.85. The number of aromatic nitrogens is 2. The number of hydrogen-bond acceptors (Lipinski definition) is 4. The Bertz CT molecular complexity index is 797. The minimum absolute atomic E-state index is 0.0604. The predicted molar refractivity (Wildman–Crippen MR) is 98.3 cm³/mol. The molecular weight excluding hydrogens is 349 g/mol. The smallest absolute Gasteiger partial charge is 0.235 e. The van der Waals surface area contributed by atoms with Crippen molar-refractivity contribution >= 4 is 11.8 Å². The lowest BCUT2D eigenvalue weighted by atomic mass is 10.1. The SMILES string of the molecule is CC(=O)N1CCN(CC(=O)NC(c2ccc(F)cc2)c2nccn2C)CC1. The molecule has 1 N–H and O–H groups in total. The molecular formula is C19H24FN5O2. The normalized spacial score (nSPS) is 16.2. The summed E-state index contributed by atoms with van der Waals surface area (Å²) in [5.74, 6) is 0.275. The van der Waals surface area contributed by atoms with Crippen molar-refractivity contribution in [2.45, 2.75) is 13.0 Å². The van der Waals surface area contributed by atoms with Gasteiger partial charge in [-0.25, -0.2) is 9.37 Å². The fraction of sp³-hybridized carbons (Fsp3) is 0.421. The second-order valence-electron chi connectivity index (χ2n) is 6.73. The summed E-state index contributed by atoms with van der Waals surface area (Å²) in [4.78, 5) is 32.2. The molecule has 1 fully saturated rings. The van der Waals surface area contributed by atoms with E-state index in [2.05, 4.69) is 10.3 Å². The molecule has 8 heteroatoms. The molecule has 2 heterocycles. The van der Waals surface area contributed by atoms with E-state index in [1.807, 2.05) is 16.5 Å². The van der Waals surface area contributed by atoms with Crippen molar-refractivity contribution in [2.24, 2.45) is 7.05 Å². The molecule has 0 saturated carbocycles. The molecule has 1 aliphatic heterocycles. The topological polar surface area (TPSA) is 70.5 Å². The Morgan fingerprint density at radius 1 is 1.19 bits per heavy atom. The fourth-order valence-corrected chi connectivity index (χ4v) is 3.24. The zero-order valence-electron chi connectivity index (χ0n) is 15.6. The molecule has 1 atom stereocenters. The van der Waals surface area contributed by atoms with Gasteiger partial charge in [-0.1, -0.05) is 12.1 Å². The summed E-state index contributed by atoms with van der Waals surface area (Å²) in [5, 5.41) is 3.01. The molecule has 0 aliphatic carbocycles. The van der Waals surface area contributed by atoms with Crippen LogP contribution in [0.25, 0.3) is 0 Å². The Morgan fingerprint density at radius 3 is 2.41 bits per heavy atom. The van der Waals surface area contributed by atoms with Crippen LogP contribution in [0, 0.1) is 5.82 Å². The molecule has 1 unspecified atom stereocenters. The Labute approximate surface area is 157 Å². The second-order valence-corrected chi connectivity index (χ2v) is 6.73. The van der Waals surface area contributed by atoms with Crippen LogP contribution in [0.1, 0.15) is 24.4 Å². The van der Waals surface area contributed by atoms with Gasteiger partial charge >= 0.3 is 0 Å². The number of nitrogens with one attached hydrogen (secondary N) is 1. The van der Waals surface area contributed by atoms with E-state index < -0.39 is 6.04 Å². The predicted octanol–water partition coefficient (Wildman–Crippen LogP) is 0.929. The number of carbonyl (C=O) groups excluding carboxylic acids is 2. The standard InChI is InChI=1S/C19H24FN5O2/c1-14(26)25-11-9-24(10-12-25)13-17(27)22-18(19-21-7-8-23(19)2)15-3-5-16(20)6-4-15/h3-8,18H,9-13H2,1-2H3,(H,22,27). The maximum absolute atomic E-state index is 13.3. The van der Waals surface area contributed by atoms with Gasteiger partial charge in [-0.05, 0) is 17.7 Å². The van der Waals surface area contributed by atoms with Crippen LogP contribution in [0.5, 0.6) is 0 Å². The quantitative estimate of drug-likeness (QED) is 0.847. The van der Waals surface area contributed by atoms with Gasteiger partial charge in [0.25, 0.3) is 0 Å². The Kier molecular flexibility index (Phi) is 5.85. The van der Waals surface area contributed by atoms with E-state index in [0.29, 0.717) is 32.0 Å². The van der Waals surface area contributed by atoms with Crippen molar-refractivity contribution in [3.05, 3.63) is 53.9 Å². The van der Waals surface area contributed by atoms with Gasteiger partial charge in [-0.2, -0.15) is 0 Å². The summed E-state index contributed by atoms with van der Waals surface area (Å²) in [6.45, 7) is 4.39. The van der Waals surface area contributed by atoms with Gasteiger partial charge in [-0.3, -0.25) is 14.5 Å². The molecule has 1 aromatic heterocycles. The molecule has 1 aromatic carbocycles. The highest BCUT2D eigenvalue weighted by molar-refractivity contribution is 5.79. The minimum Gasteiger partial charge on any atom is -0.341 e. The second kappa shape index (κ2) is 8.30. The number of benzene rings is 1. The lowest BCUT2D eigenvalue weighted by Gasteiger charge is -2.34. The first-order valence-corrected chi connectivity index (χ1v) is 8.94. The number of hydrogen-bond donors (Lipinski definition) is 1. The fourth-order valence-electron chi connectivity index (χ4n) is 3.24. The van der Waals surface area contributed by atoms with Crippen LogP contribution in [0.15, 0.2) is 36.7 Å². The third kappa shape index (κ3) is 4.71. The van der Waals surface area contributed by atoms with Crippen molar-refractivity contribution in [1.82, 2.24) is 24.7 Å². The average Bonchev–Trinajstić information content (AvgIpc) is 3.07. The maximum Gasteiger partial charge on any atom is 0.235 e. The number of halogens is 1. The van der Waals surface area contributed by atoms with Crippen LogP contribution < -0.4 is 5.32 Å². The van der Waals surface area contributed by atoms with Crippen LogP contribution in [-0.2, 0) is 16.6 Å². The van der Waals surface area contributed by atoms with Gasteiger partial charge in [0, 0.05) is 52.5 Å². The molecule has 3 rings (SSSR count). The summed E-state index contributed by atoms with van der Waals surface area (Å²) in [5.41, 5.74) is 0.764. The number of imidazole rings is 1. The van der Waals surface area contributed by atoms with E-state index in [4.69, 9.17) is 0 Å². The molecule has 2 amide bonds. The molecule has 1 saturated heterocycles. The van der Waals surface area contributed by atoms with Gasteiger partial charge in [0.05, 0.1) is 6.54 Å². The van der Waals surface area contributed by atoms with Gasteiger partial charge < -0.3 is 14.8 Å². The summed E-state index contributed by atoms with van der Waals surface area (Å²) in [6.07, 6.45) is 3.47. The number of nitrogens with zero attached hydrogens (tertiary/aromatic N) is 4. The zero-order valence-corrected chi connectivity index (χ0v) is 15.6. The largest absolute Gasteiger partial charge is 0.341 e. The van der Waals surface area contributed by atoms with Crippen LogP contribution in [-0.4, -0.2) is 63.9 Å². The van der Waals surface area contributed by atoms with Crippen molar-refractivity contribution < 1.29 is 14.0 Å². The van der Waals surface area contributed by atoms with Crippen LogP contribution in [0.4, 0.5) is 4.39 Å². The third-order valence-electron chi connectivity index (χ3n) is 4.81. The lowest BCUT2D eigenvalue weighted by molar-refractivity contribution is -0.131. The van der Waals surface area contributed by atoms with Gasteiger partial charge in [0.15, 0.2) is 0 Å². The van der Waals surface area contributed by atoms with Crippen LogP contribution in [0.2, 0.25) is 0 Å². The molecule has 7 nitrogen and oxygen atoms in total. The maximum atomic E-state index is 13.3. The van der Waals surface area contributed by atoms with Crippen molar-refractivity contribution in [1.29, 1.82) is 0 Å². The van der Waals surface area contributed by atoms with E-state index >= 15 is 0 Å². The highest BCUT2D eigenvalue weighted by atomic mass is 19.1. The van der Waals surface area contributed by atoms with Gasteiger partial charge in [0.1, 0.15) is 17.7 Å². The highest BCUT2D eigenvalue weighted by Gasteiger charge is 2.24. The number of amides is 2. The summed E-state index contributed by atoms with van der Waals surface area (Å²) in [6, 6.07) is 5.59. The van der Waals surface area contributed by atoms with E-state index in [1.165, 1.54) is 12.1 Å². The van der Waals surface area contributed by atoms with E-state index in [1.54, 1.807) is 36.4 Å². The first-order chi connectivity index (χ1) is 12.9. The Balaban J connectivity index is 1.67. The number of aryl methyl sites for hydroxylation is 1. The lowest BCUT2D eigenvalue weighted by Crippen LogP contribution is -2.51. The van der Waals surface area contributed by atoms with Crippen molar-refractivity contribution in [2.75, 3.05) is 32.7 Å². The molecule has 0 spiro atoms. The summed E-state index contributed by atoms with van der Waals surface area (Å²) >= 11 is 0. The Morgan fingerprint density at radius 2 is 1.85 bits per heavy atom. The van der Waals surface area contributed by atoms with Crippen LogP contribution in [0.3, 0.4) is 0 Å². The van der Waals surface area contributed by atoms with Gasteiger partial charge in [0.2, 0.25) is 11.8 Å². The number of carbonyl (C=O) groups is 2. The van der Waals surface area contributed by atoms with E-state index in [-0.39, 0.29) is 24.2 Å². The molecule has 2 aromatic rings. The van der Waals surface area contributed by atoms with Crippen LogP contribution >= 0.6 is 0 Å². The van der Waals surface area contributed by atoms with Crippen molar-refractivity contribution in [3.8, 4) is 0 Å². The van der Waals surface area contributed by atoms with Gasteiger partial charge in [-0.15, -0.1) is 0 Å². The highest BCUT2D eigenvalue weighted by Crippen LogP contribution is 2.20. The van der Waals surface area contributed by atoms with E-state index in [9.17, 15) is 14.0 Å². The first kappa shape index (κ1) is 19.0. The first-order valence-electron chi connectivity index (χ1n) is 8.94. The Hall–Kier alpha value is -2.74. The average molecular weight is 373 g/mol. The monoisotopic (exact) mass is 373 g/mol. The van der Waals surface area contributed by atoms with Crippen molar-refractivity contribution in [3.63, 3.8) is 0 Å². The molecule has 0 bridgehead atoms. The molecule has 1 aliphatic rings. The number of rotatable bonds is 5. The third-order valence-corrected chi connectivity index (χ3v) is 4.81. The molecule has 144 valence electrons.